The minimum Gasteiger partial charge on any atom is -0.354 e. The van der Waals surface area contributed by atoms with Crippen molar-refractivity contribution >= 4 is 26.8 Å². The summed E-state index contributed by atoms with van der Waals surface area (Å²) in [5, 5.41) is 2.96. The van der Waals surface area contributed by atoms with Crippen molar-refractivity contribution in [3.8, 4) is 0 Å². The second-order valence-electron chi connectivity index (χ2n) is 7.74. The molecule has 1 aliphatic rings. The van der Waals surface area contributed by atoms with Crippen LogP contribution < -0.4 is 5.32 Å². The van der Waals surface area contributed by atoms with Crippen molar-refractivity contribution in [2.24, 2.45) is 0 Å². The first kappa shape index (κ1) is 19.6. The molecule has 1 amide bonds. The van der Waals surface area contributed by atoms with Crippen molar-refractivity contribution in [2.75, 3.05) is 12.8 Å². The van der Waals surface area contributed by atoms with Gasteiger partial charge < -0.3 is 9.88 Å². The quantitative estimate of drug-likeness (QED) is 0.643. The largest absolute Gasteiger partial charge is 0.354 e. The highest BCUT2D eigenvalue weighted by atomic mass is 32.2. The van der Waals surface area contributed by atoms with Gasteiger partial charge >= 0.3 is 0 Å². The van der Waals surface area contributed by atoms with Gasteiger partial charge in [-0.15, -0.1) is 0 Å². The number of rotatable bonds is 7. The molecule has 0 spiro atoms. The lowest BCUT2D eigenvalue weighted by Crippen LogP contribution is -2.35. The average molecular weight is 415 g/mol. The summed E-state index contributed by atoms with van der Waals surface area (Å²) in [5.41, 5.74) is 2.26. The number of carbonyl (C=O) groups excluding carboxylic acids is 1. The number of halogens is 1. The molecule has 1 aromatic heterocycles. The maximum absolute atomic E-state index is 13.2. The maximum atomic E-state index is 13.2. The Morgan fingerprint density at radius 2 is 1.86 bits per heavy atom. The lowest BCUT2D eigenvalue weighted by Gasteiger charge is -2.17. The third kappa shape index (κ3) is 4.32. The zero-order valence-corrected chi connectivity index (χ0v) is 16.9. The van der Waals surface area contributed by atoms with Crippen LogP contribution in [0.4, 0.5) is 4.39 Å². The second kappa shape index (κ2) is 7.26. The van der Waals surface area contributed by atoms with E-state index >= 15 is 0 Å². The molecule has 1 N–H and O–H groups in total. The molecule has 1 fully saturated rings. The zero-order chi connectivity index (χ0) is 20.6. The van der Waals surface area contributed by atoms with Crippen molar-refractivity contribution in [3.05, 3.63) is 65.7 Å². The van der Waals surface area contributed by atoms with Gasteiger partial charge in [0.2, 0.25) is 5.91 Å². The fourth-order valence-electron chi connectivity index (χ4n) is 3.64. The van der Waals surface area contributed by atoms with E-state index in [0.29, 0.717) is 17.9 Å². The van der Waals surface area contributed by atoms with Crippen LogP contribution in [0.1, 0.15) is 24.2 Å². The van der Waals surface area contributed by atoms with E-state index in [-0.39, 0.29) is 29.4 Å². The average Bonchev–Trinajstić information content (AvgIpc) is 3.38. The molecule has 0 radical (unpaired) electrons. The first-order valence-electron chi connectivity index (χ1n) is 9.40. The molecule has 1 saturated carbocycles. The molecule has 29 heavy (non-hydrogen) atoms. The fraction of sp³-hybridized carbons (Fsp3) is 0.333. The van der Waals surface area contributed by atoms with E-state index in [4.69, 9.17) is 0 Å². The second-order valence-corrected chi connectivity index (χ2v) is 9.88. The highest BCUT2D eigenvalue weighted by molar-refractivity contribution is 7.89. The molecule has 3 aromatic rings. The lowest BCUT2D eigenvalue weighted by molar-refractivity contribution is -0.121. The number of imidazole rings is 1. The van der Waals surface area contributed by atoms with Crippen LogP contribution in [0.5, 0.6) is 0 Å². The third-order valence-corrected chi connectivity index (χ3v) is 6.14. The molecule has 1 heterocycles. The van der Waals surface area contributed by atoms with Gasteiger partial charge in [-0.3, -0.25) is 4.79 Å². The number of benzene rings is 2. The van der Waals surface area contributed by atoms with Crippen LogP contribution in [0.2, 0.25) is 0 Å². The Hall–Kier alpha value is -2.74. The number of nitrogens with one attached hydrogen (secondary N) is 1. The Labute approximate surface area is 168 Å². The van der Waals surface area contributed by atoms with Gasteiger partial charge in [-0.2, -0.15) is 0 Å². The van der Waals surface area contributed by atoms with Crippen molar-refractivity contribution in [1.29, 1.82) is 0 Å². The van der Waals surface area contributed by atoms with Gasteiger partial charge in [0.05, 0.1) is 11.0 Å². The van der Waals surface area contributed by atoms with Crippen LogP contribution in [0.15, 0.2) is 48.5 Å². The first-order chi connectivity index (χ1) is 13.8. The Balaban J connectivity index is 1.50. The zero-order valence-electron chi connectivity index (χ0n) is 16.1. The molecular formula is C21H22FN3O3S. The molecule has 2 aromatic carbocycles. The van der Waals surface area contributed by atoms with Crippen LogP contribution in [0, 0.1) is 5.82 Å². The Bertz CT molecular complexity index is 1170. The molecule has 0 aliphatic heterocycles. The standard InChI is InChI=1S/C21H22FN3O3S/c1-29(27,28)13-19-24-17-4-2-3-5-18(17)25(19)12-20(26)23-14-21(10-11-21)15-6-8-16(22)9-7-15/h2-9H,10-14H2,1H3,(H,23,26). The van der Waals surface area contributed by atoms with Crippen molar-refractivity contribution in [3.63, 3.8) is 0 Å². The topological polar surface area (TPSA) is 81.1 Å². The SMILES string of the molecule is CS(=O)(=O)Cc1nc2ccccc2n1CC(=O)NCC1(c2ccc(F)cc2)CC1. The summed E-state index contributed by atoms with van der Waals surface area (Å²) in [7, 11) is -3.29. The molecule has 0 atom stereocenters. The van der Waals surface area contributed by atoms with Gasteiger partial charge in [0.25, 0.3) is 0 Å². The third-order valence-electron chi connectivity index (χ3n) is 5.36. The van der Waals surface area contributed by atoms with E-state index in [1.807, 2.05) is 18.2 Å². The van der Waals surface area contributed by atoms with Crippen molar-refractivity contribution < 1.29 is 17.6 Å². The Morgan fingerprint density at radius 1 is 1.17 bits per heavy atom. The summed E-state index contributed by atoms with van der Waals surface area (Å²) < 4.78 is 38.4. The van der Waals surface area contributed by atoms with E-state index in [2.05, 4.69) is 10.3 Å². The van der Waals surface area contributed by atoms with E-state index in [9.17, 15) is 17.6 Å². The van der Waals surface area contributed by atoms with Crippen molar-refractivity contribution in [1.82, 2.24) is 14.9 Å². The van der Waals surface area contributed by atoms with E-state index in [1.54, 1.807) is 22.8 Å². The number of hydrogen-bond acceptors (Lipinski definition) is 4. The number of aromatic nitrogens is 2. The van der Waals surface area contributed by atoms with Crippen molar-refractivity contribution in [2.45, 2.75) is 30.6 Å². The van der Waals surface area contributed by atoms with E-state index < -0.39 is 9.84 Å². The molecule has 8 heteroatoms. The van der Waals surface area contributed by atoms with E-state index in [0.717, 1.165) is 30.2 Å². The highest BCUT2D eigenvalue weighted by Crippen LogP contribution is 2.47. The van der Waals surface area contributed by atoms with Crippen LogP contribution in [-0.4, -0.2) is 36.7 Å². The summed E-state index contributed by atoms with van der Waals surface area (Å²) in [6.45, 7) is 0.455. The highest BCUT2D eigenvalue weighted by Gasteiger charge is 2.44. The number of sulfone groups is 1. The summed E-state index contributed by atoms with van der Waals surface area (Å²) >= 11 is 0. The summed E-state index contributed by atoms with van der Waals surface area (Å²) in [6, 6.07) is 13.7. The minimum atomic E-state index is -3.29. The van der Waals surface area contributed by atoms with Gasteiger partial charge in [0, 0.05) is 18.2 Å². The van der Waals surface area contributed by atoms with Gasteiger partial charge in [0.15, 0.2) is 9.84 Å². The summed E-state index contributed by atoms with van der Waals surface area (Å²) in [6.07, 6.45) is 3.02. The van der Waals surface area contributed by atoms with Gasteiger partial charge in [0.1, 0.15) is 23.9 Å². The predicted octanol–water partition coefficient (Wildman–Crippen LogP) is 2.57. The number of fused-ring (bicyclic) bond motifs is 1. The molecule has 0 saturated heterocycles. The monoisotopic (exact) mass is 415 g/mol. The maximum Gasteiger partial charge on any atom is 0.240 e. The number of para-hydroxylation sites is 2. The Morgan fingerprint density at radius 3 is 2.52 bits per heavy atom. The van der Waals surface area contributed by atoms with E-state index in [1.165, 1.54) is 12.1 Å². The van der Waals surface area contributed by atoms with Gasteiger partial charge in [-0.1, -0.05) is 24.3 Å². The van der Waals surface area contributed by atoms with Crippen LogP contribution in [-0.2, 0) is 32.3 Å². The summed E-state index contributed by atoms with van der Waals surface area (Å²) in [4.78, 5) is 17.1. The lowest BCUT2D eigenvalue weighted by atomic mass is 9.96. The molecule has 6 nitrogen and oxygen atoms in total. The molecule has 152 valence electrons. The number of nitrogens with zero attached hydrogens (tertiary/aromatic N) is 2. The van der Waals surface area contributed by atoms with Crippen LogP contribution in [0.25, 0.3) is 11.0 Å². The normalized spacial score (nSPS) is 15.4. The number of amides is 1. The predicted molar refractivity (Wildman–Crippen MR) is 109 cm³/mol. The fourth-order valence-corrected chi connectivity index (χ4v) is 4.33. The summed E-state index contributed by atoms with van der Waals surface area (Å²) in [5.74, 6) is -0.368. The molecule has 1 aliphatic carbocycles. The van der Waals surface area contributed by atoms with Gasteiger partial charge in [-0.05, 0) is 42.7 Å². The van der Waals surface area contributed by atoms with Crippen LogP contribution >= 0.6 is 0 Å². The molecule has 0 unspecified atom stereocenters. The smallest absolute Gasteiger partial charge is 0.240 e. The number of hydrogen-bond donors (Lipinski definition) is 1. The Kier molecular flexibility index (Phi) is 4.90. The first-order valence-corrected chi connectivity index (χ1v) is 11.5. The van der Waals surface area contributed by atoms with Crippen LogP contribution in [0.3, 0.4) is 0 Å². The molecule has 0 bridgehead atoms. The molecular weight excluding hydrogens is 393 g/mol. The molecule has 4 rings (SSSR count). The minimum absolute atomic E-state index is 0.00906. The number of carbonyl (C=O) groups is 1. The van der Waals surface area contributed by atoms with Gasteiger partial charge in [-0.25, -0.2) is 17.8 Å².